The first-order valence-electron chi connectivity index (χ1n) is 7.33. The number of hydrogen-bond acceptors (Lipinski definition) is 2. The molecule has 2 fully saturated rings. The summed E-state index contributed by atoms with van der Waals surface area (Å²) in [5.74, 6) is 0. The normalized spacial score (nSPS) is 30.4. The fraction of sp³-hybridized carbons (Fsp3) is 1.00. The SMILES string of the molecule is CC1(C)CC(NC2CCCCC2)CC(C)(C)O1. The summed E-state index contributed by atoms with van der Waals surface area (Å²) in [6.45, 7) is 8.90. The van der Waals surface area contributed by atoms with Crippen LogP contribution in [0.3, 0.4) is 0 Å². The molecule has 2 nitrogen and oxygen atoms in total. The molecule has 0 amide bonds. The number of nitrogens with one attached hydrogen (secondary N) is 1. The van der Waals surface area contributed by atoms with Gasteiger partial charge in [-0.2, -0.15) is 0 Å². The summed E-state index contributed by atoms with van der Waals surface area (Å²) in [4.78, 5) is 0. The van der Waals surface area contributed by atoms with Crippen LogP contribution in [0, 0.1) is 0 Å². The maximum absolute atomic E-state index is 6.14. The number of hydrogen-bond donors (Lipinski definition) is 1. The zero-order chi connectivity index (χ0) is 12.5. The molecule has 0 aromatic carbocycles. The standard InChI is InChI=1S/C15H29NO/c1-14(2)10-13(11-15(3,4)17-14)16-12-8-6-5-7-9-12/h12-13,16H,5-11H2,1-4H3. The van der Waals surface area contributed by atoms with Crippen molar-refractivity contribution in [1.29, 1.82) is 0 Å². The van der Waals surface area contributed by atoms with E-state index in [1.165, 1.54) is 32.1 Å². The fourth-order valence-electron chi connectivity index (χ4n) is 3.81. The lowest BCUT2D eigenvalue weighted by atomic mass is 9.84. The topological polar surface area (TPSA) is 21.3 Å². The Morgan fingerprint density at radius 3 is 1.88 bits per heavy atom. The zero-order valence-corrected chi connectivity index (χ0v) is 12.0. The average Bonchev–Trinajstić information content (AvgIpc) is 2.13. The van der Waals surface area contributed by atoms with Gasteiger partial charge >= 0.3 is 0 Å². The molecule has 0 aromatic rings. The highest BCUT2D eigenvalue weighted by molar-refractivity contribution is 4.93. The molecule has 1 aliphatic carbocycles. The van der Waals surface area contributed by atoms with E-state index in [0.29, 0.717) is 6.04 Å². The monoisotopic (exact) mass is 239 g/mol. The van der Waals surface area contributed by atoms with E-state index in [4.69, 9.17) is 4.74 Å². The van der Waals surface area contributed by atoms with Gasteiger partial charge in [0.05, 0.1) is 11.2 Å². The number of ether oxygens (including phenoxy) is 1. The van der Waals surface area contributed by atoms with Crippen LogP contribution in [0.15, 0.2) is 0 Å². The summed E-state index contributed by atoms with van der Waals surface area (Å²) in [6.07, 6.45) is 9.29. The van der Waals surface area contributed by atoms with Gasteiger partial charge in [0.15, 0.2) is 0 Å². The molecular weight excluding hydrogens is 210 g/mol. The lowest BCUT2D eigenvalue weighted by Crippen LogP contribution is -2.54. The van der Waals surface area contributed by atoms with E-state index in [2.05, 4.69) is 33.0 Å². The van der Waals surface area contributed by atoms with Gasteiger partial charge in [-0.3, -0.25) is 0 Å². The van der Waals surface area contributed by atoms with Crippen LogP contribution in [-0.4, -0.2) is 23.3 Å². The van der Waals surface area contributed by atoms with Crippen LogP contribution >= 0.6 is 0 Å². The molecule has 2 rings (SSSR count). The van der Waals surface area contributed by atoms with Crippen LogP contribution < -0.4 is 5.32 Å². The molecule has 0 aromatic heterocycles. The molecule has 0 bridgehead atoms. The van der Waals surface area contributed by atoms with Crippen molar-refractivity contribution in [1.82, 2.24) is 5.32 Å². The van der Waals surface area contributed by atoms with E-state index in [-0.39, 0.29) is 11.2 Å². The third-order valence-corrected chi connectivity index (χ3v) is 4.11. The predicted octanol–water partition coefficient (Wildman–Crippen LogP) is 3.64. The molecule has 0 spiro atoms. The summed E-state index contributed by atoms with van der Waals surface area (Å²) < 4.78 is 6.14. The Morgan fingerprint density at radius 1 is 0.824 bits per heavy atom. The third-order valence-electron chi connectivity index (χ3n) is 4.11. The lowest BCUT2D eigenvalue weighted by molar-refractivity contribution is -0.165. The Hall–Kier alpha value is -0.0800. The van der Waals surface area contributed by atoms with Crippen molar-refractivity contribution < 1.29 is 4.74 Å². The second kappa shape index (κ2) is 4.89. The van der Waals surface area contributed by atoms with Crippen LogP contribution in [0.1, 0.15) is 72.6 Å². The summed E-state index contributed by atoms with van der Waals surface area (Å²) in [5.41, 5.74) is 0.0438. The van der Waals surface area contributed by atoms with Crippen LogP contribution in [-0.2, 0) is 4.74 Å². The molecule has 2 heteroatoms. The molecule has 100 valence electrons. The molecule has 1 N–H and O–H groups in total. The van der Waals surface area contributed by atoms with E-state index in [9.17, 15) is 0 Å². The highest BCUT2D eigenvalue weighted by atomic mass is 16.5. The Kier molecular flexibility index (Phi) is 3.84. The minimum Gasteiger partial charge on any atom is -0.370 e. The highest BCUT2D eigenvalue weighted by Crippen LogP contribution is 2.35. The highest BCUT2D eigenvalue weighted by Gasteiger charge is 2.39. The minimum atomic E-state index is 0.0219. The van der Waals surface area contributed by atoms with Gasteiger partial charge in [-0.05, 0) is 53.4 Å². The summed E-state index contributed by atoms with van der Waals surface area (Å²) >= 11 is 0. The van der Waals surface area contributed by atoms with Gasteiger partial charge in [0, 0.05) is 12.1 Å². The Labute approximate surface area is 107 Å². The Balaban J connectivity index is 1.91. The van der Waals surface area contributed by atoms with Crippen molar-refractivity contribution in [2.45, 2.75) is 95.9 Å². The molecule has 1 saturated carbocycles. The van der Waals surface area contributed by atoms with E-state index < -0.39 is 0 Å². The molecule has 2 aliphatic rings. The van der Waals surface area contributed by atoms with Crippen molar-refractivity contribution in [3.05, 3.63) is 0 Å². The van der Waals surface area contributed by atoms with Crippen molar-refractivity contribution >= 4 is 0 Å². The van der Waals surface area contributed by atoms with Crippen molar-refractivity contribution in [3.8, 4) is 0 Å². The summed E-state index contributed by atoms with van der Waals surface area (Å²) in [7, 11) is 0. The fourth-order valence-corrected chi connectivity index (χ4v) is 3.81. The van der Waals surface area contributed by atoms with Crippen LogP contribution in [0.25, 0.3) is 0 Å². The number of rotatable bonds is 2. The van der Waals surface area contributed by atoms with Gasteiger partial charge in [-0.1, -0.05) is 19.3 Å². The van der Waals surface area contributed by atoms with Gasteiger partial charge in [-0.15, -0.1) is 0 Å². The summed E-state index contributed by atoms with van der Waals surface area (Å²) in [5, 5.41) is 3.89. The molecule has 0 radical (unpaired) electrons. The Bertz CT molecular complexity index is 238. The largest absolute Gasteiger partial charge is 0.370 e. The van der Waals surface area contributed by atoms with Crippen molar-refractivity contribution in [2.75, 3.05) is 0 Å². The van der Waals surface area contributed by atoms with Crippen LogP contribution in [0.5, 0.6) is 0 Å². The smallest absolute Gasteiger partial charge is 0.0648 e. The molecule has 1 saturated heterocycles. The van der Waals surface area contributed by atoms with Crippen molar-refractivity contribution in [2.24, 2.45) is 0 Å². The average molecular weight is 239 g/mol. The van der Waals surface area contributed by atoms with Crippen LogP contribution in [0.4, 0.5) is 0 Å². The quantitative estimate of drug-likeness (QED) is 0.794. The van der Waals surface area contributed by atoms with Gasteiger partial charge in [0.1, 0.15) is 0 Å². The second-order valence-corrected chi connectivity index (χ2v) is 7.23. The molecule has 1 aliphatic heterocycles. The first kappa shape index (κ1) is 13.4. The maximum Gasteiger partial charge on any atom is 0.0648 e. The Morgan fingerprint density at radius 2 is 1.35 bits per heavy atom. The molecule has 0 unspecified atom stereocenters. The molecule has 0 atom stereocenters. The second-order valence-electron chi connectivity index (χ2n) is 7.23. The van der Waals surface area contributed by atoms with Gasteiger partial charge < -0.3 is 10.1 Å². The zero-order valence-electron chi connectivity index (χ0n) is 12.0. The predicted molar refractivity (Wildman–Crippen MR) is 72.3 cm³/mol. The first-order valence-corrected chi connectivity index (χ1v) is 7.33. The molecular formula is C15H29NO. The summed E-state index contributed by atoms with van der Waals surface area (Å²) in [6, 6.07) is 1.40. The van der Waals surface area contributed by atoms with E-state index in [0.717, 1.165) is 18.9 Å². The third kappa shape index (κ3) is 3.96. The lowest BCUT2D eigenvalue weighted by Gasteiger charge is -2.46. The van der Waals surface area contributed by atoms with E-state index >= 15 is 0 Å². The molecule has 17 heavy (non-hydrogen) atoms. The molecule has 1 heterocycles. The van der Waals surface area contributed by atoms with Gasteiger partial charge in [0.2, 0.25) is 0 Å². The van der Waals surface area contributed by atoms with Gasteiger partial charge in [-0.25, -0.2) is 0 Å². The van der Waals surface area contributed by atoms with E-state index in [1.54, 1.807) is 0 Å². The first-order chi connectivity index (χ1) is 7.86. The van der Waals surface area contributed by atoms with E-state index in [1.807, 2.05) is 0 Å². The van der Waals surface area contributed by atoms with Gasteiger partial charge in [0.25, 0.3) is 0 Å². The van der Waals surface area contributed by atoms with Crippen molar-refractivity contribution in [3.63, 3.8) is 0 Å². The maximum atomic E-state index is 6.14. The van der Waals surface area contributed by atoms with Crippen LogP contribution in [0.2, 0.25) is 0 Å². The minimum absolute atomic E-state index is 0.0219.